The van der Waals surface area contributed by atoms with E-state index in [9.17, 15) is 0 Å². The molecule has 0 bridgehead atoms. The topological polar surface area (TPSA) is 70.3 Å². The van der Waals surface area contributed by atoms with E-state index < -0.39 is 0 Å². The maximum absolute atomic E-state index is 6.23. The molecule has 1 aromatic heterocycles. The molecule has 0 radical (unpaired) electrons. The lowest BCUT2D eigenvalue weighted by Crippen LogP contribution is -2.13. The minimum atomic E-state index is -0.295. The number of ether oxygens (including phenoxy) is 2. The van der Waals surface area contributed by atoms with Gasteiger partial charge in [0.15, 0.2) is 11.5 Å². The van der Waals surface area contributed by atoms with E-state index in [1.807, 2.05) is 32.0 Å². The zero-order valence-corrected chi connectivity index (χ0v) is 11.9. The third kappa shape index (κ3) is 3.24. The fourth-order valence-electron chi connectivity index (χ4n) is 1.90. The molecule has 1 unspecified atom stereocenters. The molecular weight excluding hydrogens is 254 g/mol. The number of hydrogen-bond acceptors (Lipinski definition) is 5. The highest BCUT2D eigenvalue weighted by Crippen LogP contribution is 2.32. The van der Waals surface area contributed by atoms with Crippen LogP contribution in [0, 0.1) is 0 Å². The standard InChI is InChI=1S/C15H19N3O2/c1-10(2)20-14-6-11(4-5-13(14)19-3)15(16)12-7-17-9-18-8-12/h4-10,15H,16H2,1-3H3. The maximum atomic E-state index is 6.23. The quantitative estimate of drug-likeness (QED) is 0.905. The predicted octanol–water partition coefficient (Wildman–Crippen LogP) is 2.32. The van der Waals surface area contributed by atoms with Gasteiger partial charge in [-0.3, -0.25) is 0 Å². The average Bonchev–Trinajstić information content (AvgIpc) is 2.46. The minimum Gasteiger partial charge on any atom is -0.493 e. The molecule has 2 aromatic rings. The van der Waals surface area contributed by atoms with Crippen molar-refractivity contribution in [1.82, 2.24) is 9.97 Å². The summed E-state index contributed by atoms with van der Waals surface area (Å²) < 4.78 is 11.0. The van der Waals surface area contributed by atoms with Gasteiger partial charge >= 0.3 is 0 Å². The highest BCUT2D eigenvalue weighted by atomic mass is 16.5. The van der Waals surface area contributed by atoms with Gasteiger partial charge in [-0.1, -0.05) is 6.07 Å². The second-order valence-electron chi connectivity index (χ2n) is 4.73. The second kappa shape index (κ2) is 6.34. The Kier molecular flexibility index (Phi) is 4.53. The van der Waals surface area contributed by atoms with Crippen LogP contribution in [0.2, 0.25) is 0 Å². The Labute approximate surface area is 118 Å². The Morgan fingerprint density at radius 2 is 1.75 bits per heavy atom. The number of aromatic nitrogens is 2. The van der Waals surface area contributed by atoms with E-state index in [1.165, 1.54) is 6.33 Å². The van der Waals surface area contributed by atoms with Crippen LogP contribution in [0.3, 0.4) is 0 Å². The number of nitrogens with zero attached hydrogens (tertiary/aromatic N) is 2. The Hall–Kier alpha value is -2.14. The van der Waals surface area contributed by atoms with E-state index in [2.05, 4.69) is 9.97 Å². The molecule has 0 saturated heterocycles. The molecule has 0 aliphatic rings. The van der Waals surface area contributed by atoms with Crippen molar-refractivity contribution < 1.29 is 9.47 Å². The molecule has 0 fully saturated rings. The highest BCUT2D eigenvalue weighted by Gasteiger charge is 2.14. The van der Waals surface area contributed by atoms with Gasteiger partial charge in [0.1, 0.15) is 6.33 Å². The van der Waals surface area contributed by atoms with Crippen LogP contribution in [0.25, 0.3) is 0 Å². The zero-order chi connectivity index (χ0) is 14.5. The van der Waals surface area contributed by atoms with E-state index in [4.69, 9.17) is 15.2 Å². The normalized spacial score (nSPS) is 12.2. The summed E-state index contributed by atoms with van der Waals surface area (Å²) in [7, 11) is 1.62. The monoisotopic (exact) mass is 273 g/mol. The number of hydrogen-bond donors (Lipinski definition) is 1. The summed E-state index contributed by atoms with van der Waals surface area (Å²) in [5, 5.41) is 0. The Morgan fingerprint density at radius 3 is 2.35 bits per heavy atom. The summed E-state index contributed by atoms with van der Waals surface area (Å²) >= 11 is 0. The van der Waals surface area contributed by atoms with E-state index >= 15 is 0 Å². The molecule has 1 heterocycles. The predicted molar refractivity (Wildman–Crippen MR) is 76.8 cm³/mol. The molecule has 0 saturated carbocycles. The fraction of sp³-hybridized carbons (Fsp3) is 0.333. The SMILES string of the molecule is COc1ccc(C(N)c2cncnc2)cc1OC(C)C. The lowest BCUT2D eigenvalue weighted by molar-refractivity contribution is 0.230. The third-order valence-corrected chi connectivity index (χ3v) is 2.85. The van der Waals surface area contributed by atoms with Gasteiger partial charge in [-0.15, -0.1) is 0 Å². The third-order valence-electron chi connectivity index (χ3n) is 2.85. The van der Waals surface area contributed by atoms with Crippen LogP contribution in [-0.4, -0.2) is 23.2 Å². The molecule has 5 heteroatoms. The lowest BCUT2D eigenvalue weighted by Gasteiger charge is -2.17. The largest absolute Gasteiger partial charge is 0.493 e. The van der Waals surface area contributed by atoms with Gasteiger partial charge in [0.2, 0.25) is 0 Å². The van der Waals surface area contributed by atoms with Gasteiger partial charge < -0.3 is 15.2 Å². The van der Waals surface area contributed by atoms with Crippen molar-refractivity contribution >= 4 is 0 Å². The zero-order valence-electron chi connectivity index (χ0n) is 11.9. The minimum absolute atomic E-state index is 0.0652. The van der Waals surface area contributed by atoms with Crippen molar-refractivity contribution in [3.05, 3.63) is 48.0 Å². The molecule has 0 aliphatic heterocycles. The molecule has 20 heavy (non-hydrogen) atoms. The molecule has 2 N–H and O–H groups in total. The van der Waals surface area contributed by atoms with Crippen LogP contribution in [0.1, 0.15) is 31.0 Å². The van der Waals surface area contributed by atoms with Crippen LogP contribution in [0.4, 0.5) is 0 Å². The lowest BCUT2D eigenvalue weighted by atomic mass is 10.0. The highest BCUT2D eigenvalue weighted by molar-refractivity contribution is 5.45. The first kappa shape index (κ1) is 14.3. The van der Waals surface area contributed by atoms with Crippen molar-refractivity contribution in [2.24, 2.45) is 5.73 Å². The van der Waals surface area contributed by atoms with Crippen LogP contribution in [-0.2, 0) is 0 Å². The second-order valence-corrected chi connectivity index (χ2v) is 4.73. The van der Waals surface area contributed by atoms with Gasteiger partial charge in [0.05, 0.1) is 19.3 Å². The number of methoxy groups -OCH3 is 1. The summed E-state index contributed by atoms with van der Waals surface area (Å²) in [5.41, 5.74) is 8.01. The van der Waals surface area contributed by atoms with Crippen molar-refractivity contribution in [3.63, 3.8) is 0 Å². The van der Waals surface area contributed by atoms with E-state index in [1.54, 1.807) is 19.5 Å². The van der Waals surface area contributed by atoms with Gasteiger partial charge in [-0.05, 0) is 31.5 Å². The summed E-state index contributed by atoms with van der Waals surface area (Å²) in [6.07, 6.45) is 4.98. The summed E-state index contributed by atoms with van der Waals surface area (Å²) in [5.74, 6) is 1.38. The Bertz CT molecular complexity index is 558. The van der Waals surface area contributed by atoms with Crippen molar-refractivity contribution in [1.29, 1.82) is 0 Å². The maximum Gasteiger partial charge on any atom is 0.161 e. The number of benzene rings is 1. The van der Waals surface area contributed by atoms with Crippen molar-refractivity contribution in [2.75, 3.05) is 7.11 Å². The van der Waals surface area contributed by atoms with Gasteiger partial charge in [0.25, 0.3) is 0 Å². The average molecular weight is 273 g/mol. The summed E-state index contributed by atoms with van der Waals surface area (Å²) in [6, 6.07) is 5.38. The molecular formula is C15H19N3O2. The van der Waals surface area contributed by atoms with Crippen molar-refractivity contribution in [3.8, 4) is 11.5 Å². The smallest absolute Gasteiger partial charge is 0.161 e. The van der Waals surface area contributed by atoms with Crippen LogP contribution < -0.4 is 15.2 Å². The number of nitrogens with two attached hydrogens (primary N) is 1. The fourth-order valence-corrected chi connectivity index (χ4v) is 1.90. The van der Waals surface area contributed by atoms with E-state index in [0.717, 1.165) is 11.1 Å². The van der Waals surface area contributed by atoms with Crippen LogP contribution in [0.5, 0.6) is 11.5 Å². The molecule has 0 aliphatic carbocycles. The van der Waals surface area contributed by atoms with Gasteiger partial charge in [-0.2, -0.15) is 0 Å². The van der Waals surface area contributed by atoms with Crippen molar-refractivity contribution in [2.45, 2.75) is 26.0 Å². The summed E-state index contributed by atoms with van der Waals surface area (Å²) in [4.78, 5) is 7.98. The molecule has 106 valence electrons. The first-order valence-corrected chi connectivity index (χ1v) is 6.47. The molecule has 2 rings (SSSR count). The molecule has 1 aromatic carbocycles. The summed E-state index contributed by atoms with van der Waals surface area (Å²) in [6.45, 7) is 3.94. The van der Waals surface area contributed by atoms with E-state index in [0.29, 0.717) is 11.5 Å². The first-order valence-electron chi connectivity index (χ1n) is 6.47. The molecule has 0 spiro atoms. The molecule has 0 amide bonds. The van der Waals surface area contributed by atoms with Crippen LogP contribution >= 0.6 is 0 Å². The number of rotatable bonds is 5. The van der Waals surface area contributed by atoms with Gasteiger partial charge in [-0.25, -0.2) is 9.97 Å². The molecule has 5 nitrogen and oxygen atoms in total. The van der Waals surface area contributed by atoms with E-state index in [-0.39, 0.29) is 12.1 Å². The van der Waals surface area contributed by atoms with Gasteiger partial charge in [0, 0.05) is 18.0 Å². The Balaban J connectivity index is 2.33. The Morgan fingerprint density at radius 1 is 1.05 bits per heavy atom. The first-order chi connectivity index (χ1) is 9.61. The molecule has 1 atom stereocenters. The van der Waals surface area contributed by atoms with Crippen LogP contribution in [0.15, 0.2) is 36.9 Å².